The first-order valence-electron chi connectivity index (χ1n) is 5.09. The molecule has 0 radical (unpaired) electrons. The van der Waals surface area contributed by atoms with Crippen molar-refractivity contribution in [2.45, 2.75) is 32.3 Å². The van der Waals surface area contributed by atoms with E-state index in [1.165, 1.54) is 0 Å². The molecular formula is C12H14O2. The molecule has 0 aliphatic heterocycles. The SMILES string of the molecule is CCc1c(C=O)cccc1OC1CC1. The molecular weight excluding hydrogens is 176 g/mol. The van der Waals surface area contributed by atoms with Gasteiger partial charge in [0.15, 0.2) is 0 Å². The number of benzene rings is 1. The van der Waals surface area contributed by atoms with Crippen molar-refractivity contribution < 1.29 is 9.53 Å². The molecule has 0 atom stereocenters. The number of carbonyl (C=O) groups is 1. The summed E-state index contributed by atoms with van der Waals surface area (Å²) in [5.41, 5.74) is 1.79. The van der Waals surface area contributed by atoms with Crippen molar-refractivity contribution >= 4 is 6.29 Å². The molecule has 0 aromatic heterocycles. The minimum atomic E-state index is 0.391. The molecule has 0 N–H and O–H groups in total. The fourth-order valence-corrected chi connectivity index (χ4v) is 1.55. The third-order valence-corrected chi connectivity index (χ3v) is 2.47. The minimum absolute atomic E-state index is 0.391. The highest BCUT2D eigenvalue weighted by Gasteiger charge is 2.24. The highest BCUT2D eigenvalue weighted by molar-refractivity contribution is 5.78. The second-order valence-electron chi connectivity index (χ2n) is 3.61. The summed E-state index contributed by atoms with van der Waals surface area (Å²) in [5.74, 6) is 0.889. The van der Waals surface area contributed by atoms with Crippen molar-refractivity contribution in [2.75, 3.05) is 0 Å². The van der Waals surface area contributed by atoms with Gasteiger partial charge in [-0.15, -0.1) is 0 Å². The molecule has 0 spiro atoms. The molecule has 1 fully saturated rings. The molecule has 2 heteroatoms. The Labute approximate surface area is 83.9 Å². The molecule has 0 amide bonds. The first-order valence-corrected chi connectivity index (χ1v) is 5.09. The van der Waals surface area contributed by atoms with Gasteiger partial charge < -0.3 is 4.74 Å². The van der Waals surface area contributed by atoms with Gasteiger partial charge in [0.1, 0.15) is 12.0 Å². The number of rotatable bonds is 4. The summed E-state index contributed by atoms with van der Waals surface area (Å²) in [7, 11) is 0. The van der Waals surface area contributed by atoms with Crippen LogP contribution in [0, 0.1) is 0 Å². The van der Waals surface area contributed by atoms with Gasteiger partial charge in [-0.25, -0.2) is 0 Å². The molecule has 1 aliphatic carbocycles. The van der Waals surface area contributed by atoms with E-state index < -0.39 is 0 Å². The van der Waals surface area contributed by atoms with E-state index in [0.29, 0.717) is 6.10 Å². The van der Waals surface area contributed by atoms with E-state index >= 15 is 0 Å². The third-order valence-electron chi connectivity index (χ3n) is 2.47. The van der Waals surface area contributed by atoms with E-state index in [4.69, 9.17) is 4.74 Å². The molecule has 1 aromatic carbocycles. The first-order chi connectivity index (χ1) is 6.85. The lowest BCUT2D eigenvalue weighted by molar-refractivity contribution is 0.112. The Hall–Kier alpha value is -1.31. The second-order valence-corrected chi connectivity index (χ2v) is 3.61. The van der Waals surface area contributed by atoms with Gasteiger partial charge in [0, 0.05) is 11.1 Å². The summed E-state index contributed by atoms with van der Waals surface area (Å²) < 4.78 is 5.73. The van der Waals surface area contributed by atoms with Crippen LogP contribution in [0.25, 0.3) is 0 Å². The molecule has 74 valence electrons. The van der Waals surface area contributed by atoms with E-state index in [1.54, 1.807) is 0 Å². The predicted molar refractivity (Wildman–Crippen MR) is 54.9 cm³/mol. The zero-order chi connectivity index (χ0) is 9.97. The van der Waals surface area contributed by atoms with Crippen LogP contribution in [0.2, 0.25) is 0 Å². The number of hydrogen-bond donors (Lipinski definition) is 0. The Kier molecular flexibility index (Phi) is 2.53. The van der Waals surface area contributed by atoms with Crippen molar-refractivity contribution in [2.24, 2.45) is 0 Å². The predicted octanol–water partition coefficient (Wildman–Crippen LogP) is 2.60. The van der Waals surface area contributed by atoms with Crippen LogP contribution in [0.5, 0.6) is 5.75 Å². The van der Waals surface area contributed by atoms with Crippen LogP contribution < -0.4 is 4.74 Å². The van der Waals surface area contributed by atoms with Gasteiger partial charge in [-0.2, -0.15) is 0 Å². The fourth-order valence-electron chi connectivity index (χ4n) is 1.55. The largest absolute Gasteiger partial charge is 0.490 e. The van der Waals surface area contributed by atoms with Gasteiger partial charge in [0.05, 0.1) is 6.10 Å². The number of aldehydes is 1. The van der Waals surface area contributed by atoms with Crippen LogP contribution in [0.3, 0.4) is 0 Å². The van der Waals surface area contributed by atoms with Crippen molar-refractivity contribution in [3.63, 3.8) is 0 Å². The Morgan fingerprint density at radius 2 is 2.29 bits per heavy atom. The van der Waals surface area contributed by atoms with Crippen LogP contribution in [0.15, 0.2) is 18.2 Å². The molecule has 0 bridgehead atoms. The van der Waals surface area contributed by atoms with E-state index in [9.17, 15) is 4.79 Å². The molecule has 0 saturated heterocycles. The summed E-state index contributed by atoms with van der Waals surface area (Å²) in [6.07, 6.45) is 4.43. The van der Waals surface area contributed by atoms with Gasteiger partial charge in [-0.05, 0) is 25.3 Å². The number of carbonyl (C=O) groups excluding carboxylic acids is 1. The van der Waals surface area contributed by atoms with Gasteiger partial charge in [-0.3, -0.25) is 4.79 Å². The van der Waals surface area contributed by atoms with Crippen molar-refractivity contribution in [1.29, 1.82) is 0 Å². The van der Waals surface area contributed by atoms with Crippen LogP contribution in [0.4, 0.5) is 0 Å². The molecule has 0 unspecified atom stereocenters. The summed E-state index contributed by atoms with van der Waals surface area (Å²) in [6.45, 7) is 2.04. The van der Waals surface area contributed by atoms with Gasteiger partial charge in [0.25, 0.3) is 0 Å². The van der Waals surface area contributed by atoms with Crippen LogP contribution in [-0.4, -0.2) is 12.4 Å². The maximum atomic E-state index is 10.8. The van der Waals surface area contributed by atoms with Gasteiger partial charge >= 0.3 is 0 Å². The molecule has 1 aliphatic rings. The van der Waals surface area contributed by atoms with E-state index in [1.807, 2.05) is 25.1 Å². The molecule has 14 heavy (non-hydrogen) atoms. The Morgan fingerprint density at radius 3 is 2.86 bits per heavy atom. The lowest BCUT2D eigenvalue weighted by Crippen LogP contribution is -2.01. The lowest BCUT2D eigenvalue weighted by Gasteiger charge is -2.10. The van der Waals surface area contributed by atoms with E-state index in [2.05, 4.69) is 0 Å². The zero-order valence-corrected chi connectivity index (χ0v) is 8.32. The van der Waals surface area contributed by atoms with Crippen LogP contribution >= 0.6 is 0 Å². The Bertz CT molecular complexity index is 340. The smallest absolute Gasteiger partial charge is 0.150 e. The molecule has 1 saturated carbocycles. The van der Waals surface area contributed by atoms with Crippen molar-refractivity contribution in [3.05, 3.63) is 29.3 Å². The highest BCUT2D eigenvalue weighted by atomic mass is 16.5. The molecule has 2 nitrogen and oxygen atoms in total. The number of hydrogen-bond acceptors (Lipinski definition) is 2. The quantitative estimate of drug-likeness (QED) is 0.682. The maximum Gasteiger partial charge on any atom is 0.150 e. The highest BCUT2D eigenvalue weighted by Crippen LogP contribution is 2.30. The summed E-state index contributed by atoms with van der Waals surface area (Å²) >= 11 is 0. The van der Waals surface area contributed by atoms with Crippen molar-refractivity contribution in [1.82, 2.24) is 0 Å². The minimum Gasteiger partial charge on any atom is -0.490 e. The average Bonchev–Trinajstić information content (AvgIpc) is 3.01. The maximum absolute atomic E-state index is 10.8. The number of ether oxygens (including phenoxy) is 1. The second kappa shape index (κ2) is 3.82. The molecule has 1 aromatic rings. The van der Waals surface area contributed by atoms with Crippen LogP contribution in [0.1, 0.15) is 35.7 Å². The van der Waals surface area contributed by atoms with Gasteiger partial charge in [-0.1, -0.05) is 19.1 Å². The fraction of sp³-hybridized carbons (Fsp3) is 0.417. The normalized spacial score (nSPS) is 15.2. The standard InChI is InChI=1S/C12H14O2/c1-2-11-9(8-13)4-3-5-12(11)14-10-6-7-10/h3-5,8,10H,2,6-7H2,1H3. The monoisotopic (exact) mass is 190 g/mol. The zero-order valence-electron chi connectivity index (χ0n) is 8.32. The summed E-state index contributed by atoms with van der Waals surface area (Å²) in [6, 6.07) is 5.66. The average molecular weight is 190 g/mol. The molecule has 2 rings (SSSR count). The summed E-state index contributed by atoms with van der Waals surface area (Å²) in [5, 5.41) is 0. The summed E-state index contributed by atoms with van der Waals surface area (Å²) in [4.78, 5) is 10.8. The van der Waals surface area contributed by atoms with E-state index in [-0.39, 0.29) is 0 Å². The molecule has 0 heterocycles. The Balaban J connectivity index is 2.30. The van der Waals surface area contributed by atoms with Gasteiger partial charge in [0.2, 0.25) is 0 Å². The first kappa shape index (κ1) is 9.25. The van der Waals surface area contributed by atoms with Crippen LogP contribution in [-0.2, 0) is 6.42 Å². The topological polar surface area (TPSA) is 26.3 Å². The Morgan fingerprint density at radius 1 is 1.50 bits per heavy atom. The van der Waals surface area contributed by atoms with Crippen molar-refractivity contribution in [3.8, 4) is 5.75 Å². The third kappa shape index (κ3) is 1.79. The lowest BCUT2D eigenvalue weighted by atomic mass is 10.1. The van der Waals surface area contributed by atoms with E-state index in [0.717, 1.165) is 42.4 Å².